The second-order valence-corrected chi connectivity index (χ2v) is 2.23. The lowest BCUT2D eigenvalue weighted by molar-refractivity contribution is -0.123. The Hall–Kier alpha value is -0.220. The van der Waals surface area contributed by atoms with Gasteiger partial charge in [-0.05, 0) is 0 Å². The van der Waals surface area contributed by atoms with Crippen molar-refractivity contribution in [2.75, 3.05) is 13.1 Å². The molecule has 0 aromatic rings. The Kier molecular flexibility index (Phi) is 1.68. The van der Waals surface area contributed by atoms with E-state index in [0.29, 0.717) is 6.54 Å². The van der Waals surface area contributed by atoms with Crippen molar-refractivity contribution in [3.8, 4) is 0 Å². The van der Waals surface area contributed by atoms with Crippen molar-refractivity contribution in [1.29, 1.82) is 0 Å². The molecule has 0 saturated carbocycles. The summed E-state index contributed by atoms with van der Waals surface area (Å²) in [7, 11) is 0. The minimum Gasteiger partial charge on any atom is -0.386 e. The maximum atomic E-state index is 12.3. The quantitative estimate of drug-likeness (QED) is 0.491. The van der Waals surface area contributed by atoms with Gasteiger partial charge in [0.1, 0.15) is 6.10 Å². The first-order chi connectivity index (χ1) is 4.13. The van der Waals surface area contributed by atoms with Crippen LogP contribution in [-0.2, 0) is 0 Å². The molecule has 1 aliphatic heterocycles. The first kappa shape index (κ1) is 6.89. The number of hydrogen-bond donors (Lipinski definition) is 2. The summed E-state index contributed by atoms with van der Waals surface area (Å²) in [5.74, 6) is -2.87. The van der Waals surface area contributed by atoms with Gasteiger partial charge in [-0.3, -0.25) is 0 Å². The Bertz CT molecular complexity index is 107. The highest BCUT2D eigenvalue weighted by atomic mass is 19.3. The summed E-state index contributed by atoms with van der Waals surface area (Å²) in [5.41, 5.74) is 0. The molecule has 1 fully saturated rings. The van der Waals surface area contributed by atoms with Crippen LogP contribution in [0.1, 0.15) is 6.42 Å². The van der Waals surface area contributed by atoms with E-state index in [4.69, 9.17) is 5.11 Å². The van der Waals surface area contributed by atoms with Gasteiger partial charge in [-0.25, -0.2) is 8.78 Å². The molecule has 0 amide bonds. The van der Waals surface area contributed by atoms with Gasteiger partial charge >= 0.3 is 0 Å². The highest BCUT2D eigenvalue weighted by Gasteiger charge is 2.39. The van der Waals surface area contributed by atoms with Gasteiger partial charge in [0.25, 0.3) is 5.92 Å². The highest BCUT2D eigenvalue weighted by Crippen LogP contribution is 2.24. The first-order valence-electron chi connectivity index (χ1n) is 2.89. The van der Waals surface area contributed by atoms with Gasteiger partial charge in [-0.15, -0.1) is 0 Å². The number of aliphatic hydroxyl groups is 1. The molecule has 0 aliphatic carbocycles. The third-order valence-electron chi connectivity index (χ3n) is 1.46. The number of alkyl halides is 2. The third-order valence-corrected chi connectivity index (χ3v) is 1.46. The fraction of sp³-hybridized carbons (Fsp3) is 1.00. The average molecular weight is 137 g/mol. The van der Waals surface area contributed by atoms with E-state index in [1.807, 2.05) is 0 Å². The second kappa shape index (κ2) is 2.19. The molecule has 1 atom stereocenters. The van der Waals surface area contributed by atoms with Gasteiger partial charge in [0.2, 0.25) is 0 Å². The molecule has 0 bridgehead atoms. The summed E-state index contributed by atoms with van der Waals surface area (Å²) >= 11 is 0. The lowest BCUT2D eigenvalue weighted by Crippen LogP contribution is -2.48. The number of nitrogens with one attached hydrogen (secondary N) is 1. The number of β-amino-alcohol motifs (C(OH)–C–C–N with tert-alkyl or cyclic N) is 1. The van der Waals surface area contributed by atoms with E-state index in [1.54, 1.807) is 0 Å². The lowest BCUT2D eigenvalue weighted by atomic mass is 10.1. The fourth-order valence-electron chi connectivity index (χ4n) is 0.810. The van der Waals surface area contributed by atoms with Gasteiger partial charge in [0.15, 0.2) is 0 Å². The average Bonchev–Trinajstić information content (AvgIpc) is 1.77. The molecule has 1 aliphatic rings. The van der Waals surface area contributed by atoms with Crippen LogP contribution in [0.4, 0.5) is 8.78 Å². The normalized spacial score (nSPS) is 34.3. The smallest absolute Gasteiger partial charge is 0.275 e. The van der Waals surface area contributed by atoms with Crippen LogP contribution in [-0.4, -0.2) is 30.2 Å². The van der Waals surface area contributed by atoms with Crippen molar-refractivity contribution in [2.45, 2.75) is 18.4 Å². The Labute approximate surface area is 51.9 Å². The summed E-state index contributed by atoms with van der Waals surface area (Å²) in [6, 6.07) is 0. The van der Waals surface area contributed by atoms with E-state index >= 15 is 0 Å². The molecule has 0 aromatic heterocycles. The Balaban J connectivity index is 2.49. The molecule has 1 rings (SSSR count). The molecule has 2 N–H and O–H groups in total. The zero-order valence-corrected chi connectivity index (χ0v) is 4.90. The van der Waals surface area contributed by atoms with Crippen LogP contribution in [0, 0.1) is 0 Å². The second-order valence-electron chi connectivity index (χ2n) is 2.23. The molecule has 4 heteroatoms. The van der Waals surface area contributed by atoms with E-state index in [0.717, 1.165) is 0 Å². The topological polar surface area (TPSA) is 32.3 Å². The molecular weight excluding hydrogens is 128 g/mol. The molecule has 0 spiro atoms. The molecule has 54 valence electrons. The summed E-state index contributed by atoms with van der Waals surface area (Å²) in [6.45, 7) is 0.303. The monoisotopic (exact) mass is 137 g/mol. The Morgan fingerprint density at radius 3 is 2.56 bits per heavy atom. The van der Waals surface area contributed by atoms with E-state index in [2.05, 4.69) is 5.32 Å². The summed E-state index contributed by atoms with van der Waals surface area (Å²) < 4.78 is 24.6. The minimum absolute atomic E-state index is 0.00694. The molecule has 1 heterocycles. The number of piperidine rings is 1. The van der Waals surface area contributed by atoms with Crippen LogP contribution in [0.15, 0.2) is 0 Å². The number of rotatable bonds is 0. The number of halogens is 2. The third kappa shape index (κ3) is 1.37. The highest BCUT2D eigenvalue weighted by molar-refractivity contribution is 4.83. The van der Waals surface area contributed by atoms with E-state index in [1.165, 1.54) is 0 Å². The standard InChI is InChI=1S/C5H9F2NO/c6-5(7)1-2-8-3-4(5)9/h4,8-9H,1-3H2. The predicted molar refractivity (Wildman–Crippen MR) is 28.4 cm³/mol. The molecule has 2 nitrogen and oxygen atoms in total. The first-order valence-corrected chi connectivity index (χ1v) is 2.89. The largest absolute Gasteiger partial charge is 0.386 e. The molecular formula is C5H9F2NO. The van der Waals surface area contributed by atoms with Gasteiger partial charge in [-0.2, -0.15) is 0 Å². The number of hydrogen-bond acceptors (Lipinski definition) is 2. The van der Waals surface area contributed by atoms with Gasteiger partial charge in [0.05, 0.1) is 0 Å². The van der Waals surface area contributed by atoms with Gasteiger partial charge in [0, 0.05) is 19.5 Å². The zero-order valence-electron chi connectivity index (χ0n) is 4.90. The van der Waals surface area contributed by atoms with Crippen LogP contribution in [0.2, 0.25) is 0 Å². The van der Waals surface area contributed by atoms with Crippen LogP contribution < -0.4 is 5.32 Å². The van der Waals surface area contributed by atoms with E-state index in [9.17, 15) is 8.78 Å². The molecule has 9 heavy (non-hydrogen) atoms. The van der Waals surface area contributed by atoms with Crippen LogP contribution in [0.25, 0.3) is 0 Å². The Morgan fingerprint density at radius 1 is 1.56 bits per heavy atom. The summed E-state index contributed by atoms with van der Waals surface area (Å²) in [6.07, 6.45) is -1.75. The van der Waals surface area contributed by atoms with Gasteiger partial charge in [-0.1, -0.05) is 0 Å². The van der Waals surface area contributed by atoms with Crippen LogP contribution >= 0.6 is 0 Å². The summed E-state index contributed by atoms with van der Waals surface area (Å²) in [5, 5.41) is 11.3. The van der Waals surface area contributed by atoms with Crippen molar-refractivity contribution in [2.24, 2.45) is 0 Å². The molecule has 1 unspecified atom stereocenters. The Morgan fingerprint density at radius 2 is 2.22 bits per heavy atom. The van der Waals surface area contributed by atoms with Gasteiger partial charge < -0.3 is 10.4 Å². The van der Waals surface area contributed by atoms with E-state index in [-0.39, 0.29) is 13.0 Å². The zero-order chi connectivity index (χ0) is 6.91. The maximum Gasteiger partial charge on any atom is 0.275 e. The van der Waals surface area contributed by atoms with Crippen molar-refractivity contribution in [3.05, 3.63) is 0 Å². The SMILES string of the molecule is OC1CNCCC1(F)F. The maximum absolute atomic E-state index is 12.3. The molecule has 0 radical (unpaired) electrons. The van der Waals surface area contributed by atoms with Crippen molar-refractivity contribution >= 4 is 0 Å². The summed E-state index contributed by atoms with van der Waals surface area (Å²) in [4.78, 5) is 0. The van der Waals surface area contributed by atoms with Crippen molar-refractivity contribution < 1.29 is 13.9 Å². The van der Waals surface area contributed by atoms with Crippen LogP contribution in [0.5, 0.6) is 0 Å². The van der Waals surface area contributed by atoms with Crippen molar-refractivity contribution in [3.63, 3.8) is 0 Å². The van der Waals surface area contributed by atoms with Crippen molar-refractivity contribution in [1.82, 2.24) is 5.32 Å². The van der Waals surface area contributed by atoms with E-state index < -0.39 is 12.0 Å². The fourth-order valence-corrected chi connectivity index (χ4v) is 0.810. The predicted octanol–water partition coefficient (Wildman–Crippen LogP) is -0.0241. The molecule has 0 aromatic carbocycles. The minimum atomic E-state index is -2.87. The number of aliphatic hydroxyl groups excluding tert-OH is 1. The lowest BCUT2D eigenvalue weighted by Gasteiger charge is -2.27. The van der Waals surface area contributed by atoms with Crippen LogP contribution in [0.3, 0.4) is 0 Å². The molecule has 1 saturated heterocycles.